The Morgan fingerprint density at radius 2 is 2.19 bits per heavy atom. The predicted molar refractivity (Wildman–Crippen MR) is 82.0 cm³/mol. The summed E-state index contributed by atoms with van der Waals surface area (Å²) in [6.07, 6.45) is 5.37. The second-order valence-corrected chi connectivity index (χ2v) is 5.63. The maximum absolute atomic E-state index is 12.0. The van der Waals surface area contributed by atoms with E-state index < -0.39 is 0 Å². The van der Waals surface area contributed by atoms with Crippen LogP contribution in [0.1, 0.15) is 12.0 Å². The Morgan fingerprint density at radius 3 is 3.05 bits per heavy atom. The van der Waals surface area contributed by atoms with Crippen molar-refractivity contribution < 1.29 is 9.53 Å². The van der Waals surface area contributed by atoms with Gasteiger partial charge in [-0.3, -0.25) is 9.78 Å². The molecule has 1 aliphatic rings. The quantitative estimate of drug-likeness (QED) is 0.846. The summed E-state index contributed by atoms with van der Waals surface area (Å²) < 4.78 is 5.06. The SMILES string of the molecule is COCCN1C[C@@H](Cc2cncc3ccccc23)CC1=O. The summed E-state index contributed by atoms with van der Waals surface area (Å²) in [6, 6.07) is 8.29. The van der Waals surface area contributed by atoms with Gasteiger partial charge in [0.25, 0.3) is 0 Å². The maximum Gasteiger partial charge on any atom is 0.223 e. The lowest BCUT2D eigenvalue weighted by molar-refractivity contribution is -0.128. The van der Waals surface area contributed by atoms with Crippen molar-refractivity contribution in [2.75, 3.05) is 26.8 Å². The van der Waals surface area contributed by atoms with Crippen molar-refractivity contribution in [2.45, 2.75) is 12.8 Å². The highest BCUT2D eigenvalue weighted by molar-refractivity contribution is 5.85. The molecule has 1 saturated heterocycles. The van der Waals surface area contributed by atoms with Gasteiger partial charge in [-0.15, -0.1) is 0 Å². The van der Waals surface area contributed by atoms with E-state index in [1.807, 2.05) is 23.4 Å². The number of likely N-dealkylation sites (tertiary alicyclic amines) is 1. The number of carbonyl (C=O) groups excluding carboxylic acids is 1. The molecule has 21 heavy (non-hydrogen) atoms. The van der Waals surface area contributed by atoms with Gasteiger partial charge in [0.05, 0.1) is 6.61 Å². The molecule has 3 rings (SSSR count). The molecule has 2 aromatic rings. The van der Waals surface area contributed by atoms with E-state index in [4.69, 9.17) is 4.74 Å². The lowest BCUT2D eigenvalue weighted by atomic mass is 9.96. The second-order valence-electron chi connectivity index (χ2n) is 5.63. The number of benzene rings is 1. The number of hydrogen-bond acceptors (Lipinski definition) is 3. The molecule has 0 radical (unpaired) electrons. The molecule has 0 saturated carbocycles. The Bertz CT molecular complexity index is 636. The molecule has 1 fully saturated rings. The van der Waals surface area contributed by atoms with E-state index in [1.165, 1.54) is 10.9 Å². The molecule has 1 aliphatic heterocycles. The summed E-state index contributed by atoms with van der Waals surface area (Å²) in [5.41, 5.74) is 1.24. The number of rotatable bonds is 5. The molecular formula is C17H20N2O2. The summed E-state index contributed by atoms with van der Waals surface area (Å²) in [4.78, 5) is 18.2. The van der Waals surface area contributed by atoms with E-state index in [1.54, 1.807) is 7.11 Å². The monoisotopic (exact) mass is 284 g/mol. The van der Waals surface area contributed by atoms with E-state index in [0.29, 0.717) is 25.5 Å². The van der Waals surface area contributed by atoms with Crippen LogP contribution in [0.5, 0.6) is 0 Å². The Hall–Kier alpha value is -1.94. The Morgan fingerprint density at radius 1 is 1.33 bits per heavy atom. The van der Waals surface area contributed by atoms with Crippen molar-refractivity contribution in [3.8, 4) is 0 Å². The van der Waals surface area contributed by atoms with Crippen LogP contribution < -0.4 is 0 Å². The van der Waals surface area contributed by atoms with Crippen molar-refractivity contribution in [2.24, 2.45) is 5.92 Å². The van der Waals surface area contributed by atoms with Gasteiger partial charge in [-0.2, -0.15) is 0 Å². The van der Waals surface area contributed by atoms with Crippen molar-refractivity contribution in [1.29, 1.82) is 0 Å². The minimum atomic E-state index is 0.241. The van der Waals surface area contributed by atoms with E-state index >= 15 is 0 Å². The second kappa shape index (κ2) is 6.22. The Kier molecular flexibility index (Phi) is 4.15. The molecule has 0 unspecified atom stereocenters. The topological polar surface area (TPSA) is 42.4 Å². The third-order valence-electron chi connectivity index (χ3n) is 4.12. The average molecular weight is 284 g/mol. The third kappa shape index (κ3) is 3.05. The fourth-order valence-electron chi connectivity index (χ4n) is 3.06. The van der Waals surface area contributed by atoms with Gasteiger partial charge >= 0.3 is 0 Å². The average Bonchev–Trinajstić information content (AvgIpc) is 2.85. The normalized spacial score (nSPS) is 18.6. The van der Waals surface area contributed by atoms with Crippen molar-refractivity contribution in [1.82, 2.24) is 9.88 Å². The van der Waals surface area contributed by atoms with Crippen LogP contribution in [-0.2, 0) is 16.0 Å². The molecule has 0 N–H and O–H groups in total. The summed E-state index contributed by atoms with van der Waals surface area (Å²) in [7, 11) is 1.67. The highest BCUT2D eigenvalue weighted by Gasteiger charge is 2.29. The molecule has 110 valence electrons. The molecule has 1 aromatic carbocycles. The first-order chi connectivity index (χ1) is 10.3. The highest BCUT2D eigenvalue weighted by atomic mass is 16.5. The first-order valence-electron chi connectivity index (χ1n) is 7.36. The van der Waals surface area contributed by atoms with E-state index in [0.717, 1.165) is 18.4 Å². The first kappa shape index (κ1) is 14.0. The van der Waals surface area contributed by atoms with Crippen LogP contribution in [-0.4, -0.2) is 42.6 Å². The van der Waals surface area contributed by atoms with Crippen LogP contribution in [0, 0.1) is 5.92 Å². The number of ether oxygens (including phenoxy) is 1. The zero-order chi connectivity index (χ0) is 14.7. The molecule has 0 spiro atoms. The minimum absolute atomic E-state index is 0.241. The maximum atomic E-state index is 12.0. The molecule has 4 nitrogen and oxygen atoms in total. The molecule has 0 aliphatic carbocycles. The number of fused-ring (bicyclic) bond motifs is 1. The van der Waals surface area contributed by atoms with Gasteiger partial charge in [-0.05, 0) is 23.3 Å². The van der Waals surface area contributed by atoms with Gasteiger partial charge in [0.15, 0.2) is 0 Å². The van der Waals surface area contributed by atoms with Gasteiger partial charge in [0.2, 0.25) is 5.91 Å². The van der Waals surface area contributed by atoms with E-state index in [-0.39, 0.29) is 5.91 Å². The number of pyridine rings is 1. The zero-order valence-corrected chi connectivity index (χ0v) is 12.3. The molecule has 2 heterocycles. The van der Waals surface area contributed by atoms with Crippen LogP contribution in [0.2, 0.25) is 0 Å². The third-order valence-corrected chi connectivity index (χ3v) is 4.12. The lowest BCUT2D eigenvalue weighted by Gasteiger charge is -2.16. The van der Waals surface area contributed by atoms with E-state index in [9.17, 15) is 4.79 Å². The van der Waals surface area contributed by atoms with Crippen molar-refractivity contribution in [3.05, 3.63) is 42.2 Å². The summed E-state index contributed by atoms with van der Waals surface area (Å²) >= 11 is 0. The molecule has 4 heteroatoms. The lowest BCUT2D eigenvalue weighted by Crippen LogP contribution is -2.28. The van der Waals surface area contributed by atoms with E-state index in [2.05, 4.69) is 23.2 Å². The number of aromatic nitrogens is 1. The number of carbonyl (C=O) groups is 1. The Labute approximate surface area is 124 Å². The fraction of sp³-hybridized carbons (Fsp3) is 0.412. The first-order valence-corrected chi connectivity index (χ1v) is 7.36. The molecule has 1 amide bonds. The van der Waals surface area contributed by atoms with Crippen LogP contribution in [0.25, 0.3) is 10.8 Å². The number of hydrogen-bond donors (Lipinski definition) is 0. The van der Waals surface area contributed by atoms with Gasteiger partial charge in [-0.25, -0.2) is 0 Å². The van der Waals surface area contributed by atoms with Crippen molar-refractivity contribution in [3.63, 3.8) is 0 Å². The number of amides is 1. The predicted octanol–water partition coefficient (Wildman–Crippen LogP) is 2.27. The van der Waals surface area contributed by atoms with Gasteiger partial charge < -0.3 is 9.64 Å². The van der Waals surface area contributed by atoms with Gasteiger partial charge in [-0.1, -0.05) is 24.3 Å². The minimum Gasteiger partial charge on any atom is -0.383 e. The molecule has 1 atom stereocenters. The smallest absolute Gasteiger partial charge is 0.223 e. The van der Waals surface area contributed by atoms with Crippen LogP contribution >= 0.6 is 0 Å². The highest BCUT2D eigenvalue weighted by Crippen LogP contribution is 2.25. The zero-order valence-electron chi connectivity index (χ0n) is 12.3. The Balaban J connectivity index is 1.73. The standard InChI is InChI=1S/C17H20N2O2/c1-21-7-6-19-12-13(9-17(19)20)8-15-11-18-10-14-4-2-3-5-16(14)15/h2-5,10-11,13H,6-9,12H2,1H3/t13-/m0/s1. The largest absolute Gasteiger partial charge is 0.383 e. The summed E-state index contributed by atoms with van der Waals surface area (Å²) in [5.74, 6) is 0.618. The summed E-state index contributed by atoms with van der Waals surface area (Å²) in [5, 5.41) is 2.41. The van der Waals surface area contributed by atoms with Crippen LogP contribution in [0.15, 0.2) is 36.7 Å². The number of methoxy groups -OCH3 is 1. The fourth-order valence-corrected chi connectivity index (χ4v) is 3.06. The molecular weight excluding hydrogens is 264 g/mol. The van der Waals surface area contributed by atoms with Crippen molar-refractivity contribution >= 4 is 16.7 Å². The number of nitrogens with zero attached hydrogens (tertiary/aromatic N) is 2. The molecule has 1 aromatic heterocycles. The molecule has 0 bridgehead atoms. The van der Waals surface area contributed by atoms with Crippen LogP contribution in [0.4, 0.5) is 0 Å². The summed E-state index contributed by atoms with van der Waals surface area (Å²) in [6.45, 7) is 2.12. The van der Waals surface area contributed by atoms with Gasteiger partial charge in [0, 0.05) is 44.4 Å². The van der Waals surface area contributed by atoms with Gasteiger partial charge in [0.1, 0.15) is 0 Å². The van der Waals surface area contributed by atoms with Crippen LogP contribution in [0.3, 0.4) is 0 Å².